The van der Waals surface area contributed by atoms with Gasteiger partial charge >= 0.3 is 0 Å². The van der Waals surface area contributed by atoms with Crippen molar-refractivity contribution in [2.24, 2.45) is 17.1 Å². The van der Waals surface area contributed by atoms with E-state index in [0.29, 0.717) is 5.92 Å². The lowest BCUT2D eigenvalue weighted by Crippen LogP contribution is -2.20. The van der Waals surface area contributed by atoms with Gasteiger partial charge in [0.05, 0.1) is 0 Å². The third-order valence-electron chi connectivity index (χ3n) is 2.75. The first-order chi connectivity index (χ1) is 5.05. The van der Waals surface area contributed by atoms with Crippen molar-refractivity contribution < 1.29 is 9.47 Å². The Morgan fingerprint density at radius 3 is 1.73 bits per heavy atom. The summed E-state index contributed by atoms with van der Waals surface area (Å²) in [7, 11) is 3.30. The molecule has 1 aliphatic rings. The van der Waals surface area contributed by atoms with Crippen molar-refractivity contribution in [1.82, 2.24) is 0 Å². The summed E-state index contributed by atoms with van der Waals surface area (Å²) in [5.41, 5.74) is 6.01. The third-order valence-corrected chi connectivity index (χ3v) is 2.75. The quantitative estimate of drug-likeness (QED) is 0.613. The lowest BCUT2D eigenvalue weighted by molar-refractivity contribution is -0.122. The van der Waals surface area contributed by atoms with Crippen LogP contribution in [0.2, 0.25) is 0 Å². The van der Waals surface area contributed by atoms with Gasteiger partial charge in [0.15, 0.2) is 6.29 Å². The highest BCUT2D eigenvalue weighted by atomic mass is 16.7. The molecule has 66 valence electrons. The molecule has 3 nitrogen and oxygen atoms in total. The average Bonchev–Trinajstić information content (AvgIpc) is 2.41. The van der Waals surface area contributed by atoms with Crippen LogP contribution in [-0.2, 0) is 9.47 Å². The summed E-state index contributed by atoms with van der Waals surface area (Å²) in [5, 5.41) is 0. The third kappa shape index (κ3) is 1.28. The number of methoxy groups -OCH3 is 2. The van der Waals surface area contributed by atoms with Crippen molar-refractivity contribution >= 4 is 0 Å². The number of nitrogens with two attached hydrogens (primary N) is 1. The number of ether oxygens (including phenoxy) is 2. The smallest absolute Gasteiger partial charge is 0.161 e. The Kier molecular flexibility index (Phi) is 2.23. The van der Waals surface area contributed by atoms with Crippen molar-refractivity contribution in [3.63, 3.8) is 0 Å². The Morgan fingerprint density at radius 2 is 1.64 bits per heavy atom. The van der Waals surface area contributed by atoms with Crippen LogP contribution < -0.4 is 5.73 Å². The first-order valence-corrected chi connectivity index (χ1v) is 3.87. The standard InChI is InChI=1S/C8H17NO2/c1-8(2)5(6(8)9)7(10-3)11-4/h5-7H,9H2,1-4H3/t5-,6+/m0/s1. The molecule has 0 radical (unpaired) electrons. The van der Waals surface area contributed by atoms with Crippen LogP contribution >= 0.6 is 0 Å². The van der Waals surface area contributed by atoms with Crippen LogP contribution in [0.25, 0.3) is 0 Å². The highest BCUT2D eigenvalue weighted by Gasteiger charge is 2.59. The van der Waals surface area contributed by atoms with Crippen LogP contribution in [0.1, 0.15) is 13.8 Å². The Bertz CT molecular complexity index is 143. The van der Waals surface area contributed by atoms with Gasteiger partial charge in [0, 0.05) is 26.2 Å². The molecule has 2 atom stereocenters. The van der Waals surface area contributed by atoms with E-state index in [2.05, 4.69) is 13.8 Å². The number of hydrogen-bond donors (Lipinski definition) is 1. The van der Waals surface area contributed by atoms with Gasteiger partial charge in [0.1, 0.15) is 0 Å². The summed E-state index contributed by atoms with van der Waals surface area (Å²) in [6.07, 6.45) is -0.139. The van der Waals surface area contributed by atoms with Gasteiger partial charge in [-0.2, -0.15) is 0 Å². The highest BCUT2D eigenvalue weighted by Crippen LogP contribution is 2.52. The molecule has 1 rings (SSSR count). The zero-order chi connectivity index (χ0) is 8.65. The number of rotatable bonds is 3. The summed E-state index contributed by atoms with van der Waals surface area (Å²) < 4.78 is 10.3. The lowest BCUT2D eigenvalue weighted by atomic mass is 10.1. The SMILES string of the molecule is COC(OC)[C@@H]1[C@@H](N)C1(C)C. The highest BCUT2D eigenvalue weighted by molar-refractivity contribution is 5.10. The molecule has 0 aliphatic heterocycles. The first kappa shape index (κ1) is 8.97. The van der Waals surface area contributed by atoms with Crippen LogP contribution in [0, 0.1) is 11.3 Å². The number of hydrogen-bond acceptors (Lipinski definition) is 3. The van der Waals surface area contributed by atoms with Gasteiger partial charge in [-0.3, -0.25) is 0 Å². The minimum absolute atomic E-state index is 0.139. The van der Waals surface area contributed by atoms with E-state index in [9.17, 15) is 0 Å². The molecule has 2 N–H and O–H groups in total. The largest absolute Gasteiger partial charge is 0.356 e. The molecule has 0 aromatic heterocycles. The molecule has 0 aromatic rings. The maximum absolute atomic E-state index is 5.84. The van der Waals surface area contributed by atoms with E-state index in [-0.39, 0.29) is 17.7 Å². The molecule has 0 heterocycles. The molecule has 1 saturated carbocycles. The summed E-state index contributed by atoms with van der Waals surface area (Å²) in [5.74, 6) is 0.345. The molecular weight excluding hydrogens is 142 g/mol. The second-order valence-electron chi connectivity index (χ2n) is 3.71. The van der Waals surface area contributed by atoms with Crippen molar-refractivity contribution in [2.75, 3.05) is 14.2 Å². The van der Waals surface area contributed by atoms with Gasteiger partial charge in [-0.05, 0) is 5.41 Å². The molecule has 0 amide bonds. The molecule has 1 aliphatic carbocycles. The van der Waals surface area contributed by atoms with E-state index in [4.69, 9.17) is 15.2 Å². The molecule has 0 aromatic carbocycles. The van der Waals surface area contributed by atoms with Crippen LogP contribution in [0.15, 0.2) is 0 Å². The van der Waals surface area contributed by atoms with Crippen molar-refractivity contribution in [3.8, 4) is 0 Å². The van der Waals surface area contributed by atoms with E-state index in [1.807, 2.05) is 0 Å². The molecule has 0 bridgehead atoms. The van der Waals surface area contributed by atoms with E-state index in [0.717, 1.165) is 0 Å². The van der Waals surface area contributed by atoms with E-state index < -0.39 is 0 Å². The molecule has 0 unspecified atom stereocenters. The second kappa shape index (κ2) is 2.73. The molecule has 0 spiro atoms. The monoisotopic (exact) mass is 159 g/mol. The van der Waals surface area contributed by atoms with E-state index in [1.165, 1.54) is 0 Å². The molecule has 11 heavy (non-hydrogen) atoms. The van der Waals surface area contributed by atoms with Crippen LogP contribution in [0.5, 0.6) is 0 Å². The fraction of sp³-hybridized carbons (Fsp3) is 1.00. The second-order valence-corrected chi connectivity index (χ2v) is 3.71. The summed E-state index contributed by atoms with van der Waals surface area (Å²) >= 11 is 0. The minimum atomic E-state index is -0.139. The Hall–Kier alpha value is -0.120. The average molecular weight is 159 g/mol. The van der Waals surface area contributed by atoms with Gasteiger partial charge < -0.3 is 15.2 Å². The predicted octanol–water partition coefficient (Wildman–Crippen LogP) is 0.589. The van der Waals surface area contributed by atoms with Crippen LogP contribution in [-0.4, -0.2) is 26.6 Å². The van der Waals surface area contributed by atoms with Crippen molar-refractivity contribution in [1.29, 1.82) is 0 Å². The Balaban J connectivity index is 2.51. The maximum atomic E-state index is 5.84. The van der Waals surface area contributed by atoms with Gasteiger partial charge in [-0.15, -0.1) is 0 Å². The zero-order valence-corrected chi connectivity index (χ0v) is 7.63. The zero-order valence-electron chi connectivity index (χ0n) is 7.63. The fourth-order valence-corrected chi connectivity index (χ4v) is 1.63. The van der Waals surface area contributed by atoms with Crippen LogP contribution in [0.3, 0.4) is 0 Å². The Morgan fingerprint density at radius 1 is 1.27 bits per heavy atom. The van der Waals surface area contributed by atoms with Gasteiger partial charge in [-0.1, -0.05) is 13.8 Å². The normalized spacial score (nSPS) is 34.4. The minimum Gasteiger partial charge on any atom is -0.356 e. The van der Waals surface area contributed by atoms with E-state index in [1.54, 1.807) is 14.2 Å². The molecule has 3 heteroatoms. The van der Waals surface area contributed by atoms with E-state index >= 15 is 0 Å². The van der Waals surface area contributed by atoms with Gasteiger partial charge in [0.25, 0.3) is 0 Å². The maximum Gasteiger partial charge on any atom is 0.161 e. The van der Waals surface area contributed by atoms with Gasteiger partial charge in [-0.25, -0.2) is 0 Å². The Labute approximate surface area is 67.9 Å². The predicted molar refractivity (Wildman–Crippen MR) is 43.1 cm³/mol. The van der Waals surface area contributed by atoms with Crippen molar-refractivity contribution in [2.45, 2.75) is 26.2 Å². The summed E-state index contributed by atoms with van der Waals surface area (Å²) in [6, 6.07) is 0.215. The van der Waals surface area contributed by atoms with Crippen molar-refractivity contribution in [3.05, 3.63) is 0 Å². The summed E-state index contributed by atoms with van der Waals surface area (Å²) in [4.78, 5) is 0. The fourth-order valence-electron chi connectivity index (χ4n) is 1.63. The first-order valence-electron chi connectivity index (χ1n) is 3.87. The summed E-state index contributed by atoms with van der Waals surface area (Å²) in [6.45, 7) is 4.26. The lowest BCUT2D eigenvalue weighted by Gasteiger charge is -2.13. The topological polar surface area (TPSA) is 44.5 Å². The molecule has 0 saturated heterocycles. The van der Waals surface area contributed by atoms with Gasteiger partial charge in [0.2, 0.25) is 0 Å². The van der Waals surface area contributed by atoms with Crippen LogP contribution in [0.4, 0.5) is 0 Å². The molecular formula is C8H17NO2. The molecule has 1 fully saturated rings.